The van der Waals surface area contributed by atoms with Gasteiger partial charge in [-0.3, -0.25) is 10.1 Å². The summed E-state index contributed by atoms with van der Waals surface area (Å²) in [5, 5.41) is 12.3. The molecule has 2 N–H and O–H groups in total. The lowest BCUT2D eigenvalue weighted by molar-refractivity contribution is -0.139. The fourth-order valence-electron chi connectivity index (χ4n) is 1.65. The monoisotopic (exact) mass is 205 g/mol. The van der Waals surface area contributed by atoms with E-state index in [1.165, 1.54) is 0 Å². The van der Waals surface area contributed by atoms with Crippen LogP contribution in [0.3, 0.4) is 0 Å². The zero-order valence-corrected chi connectivity index (χ0v) is 8.73. The maximum absolute atomic E-state index is 11.1. The molecular formula is C12H15NO2. The first-order valence-electron chi connectivity index (χ1n) is 5.22. The molecule has 3 heteroatoms. The highest BCUT2D eigenvalue weighted by Crippen LogP contribution is 2.24. The molecule has 0 radical (unpaired) electrons. The number of carboxylic acids is 1. The molecule has 1 unspecified atom stereocenters. The summed E-state index contributed by atoms with van der Waals surface area (Å²) in [5.41, 5.74) is 1.94. The van der Waals surface area contributed by atoms with Gasteiger partial charge in [0.25, 0.3) is 0 Å². The van der Waals surface area contributed by atoms with Gasteiger partial charge >= 0.3 is 5.97 Å². The van der Waals surface area contributed by atoms with Gasteiger partial charge < -0.3 is 5.11 Å². The van der Waals surface area contributed by atoms with Crippen molar-refractivity contribution in [2.24, 2.45) is 0 Å². The molecule has 0 saturated heterocycles. The Kier molecular flexibility index (Phi) is 2.73. The number of hydrogen-bond acceptors (Lipinski definition) is 2. The lowest BCUT2D eigenvalue weighted by Gasteiger charge is -2.14. The SMILES string of the molecule is Cc1cccc(C(NC2CC2)C(=O)O)c1. The van der Waals surface area contributed by atoms with Gasteiger partial charge in [-0.15, -0.1) is 0 Å². The van der Waals surface area contributed by atoms with Crippen LogP contribution in [0.15, 0.2) is 24.3 Å². The van der Waals surface area contributed by atoms with Gasteiger partial charge in [0.2, 0.25) is 0 Å². The molecule has 3 nitrogen and oxygen atoms in total. The van der Waals surface area contributed by atoms with E-state index in [-0.39, 0.29) is 0 Å². The summed E-state index contributed by atoms with van der Waals surface area (Å²) >= 11 is 0. The van der Waals surface area contributed by atoms with Crippen LogP contribution in [0.4, 0.5) is 0 Å². The minimum Gasteiger partial charge on any atom is -0.480 e. The molecule has 2 rings (SSSR count). The molecule has 0 aliphatic heterocycles. The standard InChI is InChI=1S/C12H15NO2/c1-8-3-2-4-9(7-8)11(12(14)15)13-10-5-6-10/h2-4,7,10-11,13H,5-6H2,1H3,(H,14,15). The fourth-order valence-corrected chi connectivity index (χ4v) is 1.65. The number of carbonyl (C=O) groups is 1. The zero-order chi connectivity index (χ0) is 10.8. The highest BCUT2D eigenvalue weighted by molar-refractivity contribution is 5.75. The van der Waals surface area contributed by atoms with Crippen LogP contribution in [0.25, 0.3) is 0 Å². The number of hydrogen-bond donors (Lipinski definition) is 2. The molecule has 0 amide bonds. The highest BCUT2D eigenvalue weighted by atomic mass is 16.4. The second-order valence-corrected chi connectivity index (χ2v) is 4.13. The number of aliphatic carboxylic acids is 1. The van der Waals surface area contributed by atoms with Gasteiger partial charge in [-0.05, 0) is 25.3 Å². The average molecular weight is 205 g/mol. The fraction of sp³-hybridized carbons (Fsp3) is 0.417. The third kappa shape index (κ3) is 2.57. The van der Waals surface area contributed by atoms with Crippen LogP contribution in [0.1, 0.15) is 30.0 Å². The molecular weight excluding hydrogens is 190 g/mol. The van der Waals surface area contributed by atoms with Crippen LogP contribution in [0.5, 0.6) is 0 Å². The van der Waals surface area contributed by atoms with Crippen molar-refractivity contribution in [3.8, 4) is 0 Å². The van der Waals surface area contributed by atoms with E-state index in [1.54, 1.807) is 0 Å². The van der Waals surface area contributed by atoms with Gasteiger partial charge in [0.05, 0.1) is 0 Å². The lowest BCUT2D eigenvalue weighted by atomic mass is 10.0. The second kappa shape index (κ2) is 4.03. The third-order valence-electron chi connectivity index (χ3n) is 2.60. The van der Waals surface area contributed by atoms with Crippen LogP contribution in [0, 0.1) is 6.92 Å². The normalized spacial score (nSPS) is 17.4. The molecule has 1 saturated carbocycles. The minimum absolute atomic E-state index is 0.395. The van der Waals surface area contributed by atoms with Crippen molar-refractivity contribution < 1.29 is 9.90 Å². The summed E-state index contributed by atoms with van der Waals surface area (Å²) in [7, 11) is 0. The van der Waals surface area contributed by atoms with E-state index in [2.05, 4.69) is 5.32 Å². The Morgan fingerprint density at radius 3 is 2.80 bits per heavy atom. The molecule has 0 heterocycles. The van der Waals surface area contributed by atoms with Gasteiger partial charge in [0, 0.05) is 6.04 Å². The predicted octanol–water partition coefficient (Wildman–Crippen LogP) is 1.87. The van der Waals surface area contributed by atoms with E-state index in [0.29, 0.717) is 6.04 Å². The van der Waals surface area contributed by atoms with Crippen molar-refractivity contribution in [2.75, 3.05) is 0 Å². The maximum atomic E-state index is 11.1. The zero-order valence-electron chi connectivity index (χ0n) is 8.73. The van der Waals surface area contributed by atoms with E-state index in [9.17, 15) is 4.79 Å². The van der Waals surface area contributed by atoms with E-state index < -0.39 is 12.0 Å². The van der Waals surface area contributed by atoms with Crippen LogP contribution >= 0.6 is 0 Å². The Labute approximate surface area is 89.1 Å². The minimum atomic E-state index is -0.799. The number of benzene rings is 1. The van der Waals surface area contributed by atoms with Crippen LogP contribution < -0.4 is 5.32 Å². The van der Waals surface area contributed by atoms with Gasteiger partial charge in [-0.2, -0.15) is 0 Å². The summed E-state index contributed by atoms with van der Waals surface area (Å²) in [5.74, 6) is -0.799. The largest absolute Gasteiger partial charge is 0.480 e. The van der Waals surface area contributed by atoms with Crippen molar-refractivity contribution in [1.82, 2.24) is 5.32 Å². The predicted molar refractivity (Wildman–Crippen MR) is 57.7 cm³/mol. The molecule has 0 bridgehead atoms. The van der Waals surface area contributed by atoms with E-state index >= 15 is 0 Å². The first-order valence-corrected chi connectivity index (χ1v) is 5.22. The smallest absolute Gasteiger partial charge is 0.325 e. The van der Waals surface area contributed by atoms with Crippen molar-refractivity contribution in [3.63, 3.8) is 0 Å². The summed E-state index contributed by atoms with van der Waals surface area (Å²) in [6, 6.07) is 7.49. The molecule has 1 aromatic rings. The molecule has 0 spiro atoms. The van der Waals surface area contributed by atoms with Gasteiger partial charge in [-0.25, -0.2) is 0 Å². The van der Waals surface area contributed by atoms with Crippen molar-refractivity contribution in [3.05, 3.63) is 35.4 Å². The summed E-state index contributed by atoms with van der Waals surface area (Å²) in [4.78, 5) is 11.1. The first-order chi connectivity index (χ1) is 7.16. The maximum Gasteiger partial charge on any atom is 0.325 e. The molecule has 1 aliphatic rings. The quantitative estimate of drug-likeness (QED) is 0.789. The second-order valence-electron chi connectivity index (χ2n) is 4.13. The topological polar surface area (TPSA) is 49.3 Å². The Bertz CT molecular complexity index is 372. The Hall–Kier alpha value is -1.35. The molecule has 1 atom stereocenters. The number of carboxylic acid groups (broad SMARTS) is 1. The molecule has 15 heavy (non-hydrogen) atoms. The molecule has 1 aromatic carbocycles. The number of rotatable bonds is 4. The third-order valence-corrected chi connectivity index (χ3v) is 2.60. The highest BCUT2D eigenvalue weighted by Gasteiger charge is 2.29. The molecule has 0 aromatic heterocycles. The average Bonchev–Trinajstić information content (AvgIpc) is 2.97. The van der Waals surface area contributed by atoms with Crippen molar-refractivity contribution >= 4 is 5.97 Å². The first kappa shape index (κ1) is 10.2. The van der Waals surface area contributed by atoms with Crippen LogP contribution in [0.2, 0.25) is 0 Å². The van der Waals surface area contributed by atoms with Crippen LogP contribution in [-0.4, -0.2) is 17.1 Å². The van der Waals surface area contributed by atoms with E-state index in [0.717, 1.165) is 24.0 Å². The van der Waals surface area contributed by atoms with Crippen molar-refractivity contribution in [1.29, 1.82) is 0 Å². The number of nitrogens with one attached hydrogen (secondary N) is 1. The van der Waals surface area contributed by atoms with Gasteiger partial charge in [0.1, 0.15) is 6.04 Å². The summed E-state index contributed by atoms with van der Waals surface area (Å²) < 4.78 is 0. The van der Waals surface area contributed by atoms with Crippen molar-refractivity contribution in [2.45, 2.75) is 31.8 Å². The van der Waals surface area contributed by atoms with Gasteiger partial charge in [0.15, 0.2) is 0 Å². The van der Waals surface area contributed by atoms with Crippen LogP contribution in [-0.2, 0) is 4.79 Å². The van der Waals surface area contributed by atoms with E-state index in [4.69, 9.17) is 5.11 Å². The Balaban J connectivity index is 2.18. The lowest BCUT2D eigenvalue weighted by Crippen LogP contribution is -2.30. The Morgan fingerprint density at radius 2 is 2.27 bits per heavy atom. The molecule has 1 aliphatic carbocycles. The molecule has 1 fully saturated rings. The molecule has 80 valence electrons. The Morgan fingerprint density at radius 1 is 1.53 bits per heavy atom. The van der Waals surface area contributed by atoms with E-state index in [1.807, 2.05) is 31.2 Å². The summed E-state index contributed by atoms with van der Waals surface area (Å²) in [6.45, 7) is 1.97. The van der Waals surface area contributed by atoms with Gasteiger partial charge in [-0.1, -0.05) is 29.8 Å². The number of aryl methyl sites for hydroxylation is 1. The summed E-state index contributed by atoms with van der Waals surface area (Å²) in [6.07, 6.45) is 2.19.